The van der Waals surface area contributed by atoms with Gasteiger partial charge in [0.15, 0.2) is 0 Å². The van der Waals surface area contributed by atoms with Gasteiger partial charge in [0, 0.05) is 31.2 Å². The van der Waals surface area contributed by atoms with Crippen LogP contribution in [0.4, 0.5) is 4.39 Å². The molecule has 2 aromatic rings. The third-order valence-electron chi connectivity index (χ3n) is 4.64. The monoisotopic (exact) mass is 367 g/mol. The molecule has 1 amide bonds. The fourth-order valence-electron chi connectivity index (χ4n) is 3.08. The average Bonchev–Trinajstić information content (AvgIpc) is 2.68. The average molecular weight is 367 g/mol. The van der Waals surface area contributed by atoms with Gasteiger partial charge in [0.2, 0.25) is 6.10 Å². The SMILES string of the molecule is Cc1ccc([C@H](Oc2ccc(C#N)cc2)C(=O)N2CCN[C@H](C)C2)cc1F. The summed E-state index contributed by atoms with van der Waals surface area (Å²) in [6.07, 6.45) is -0.946. The van der Waals surface area contributed by atoms with E-state index in [1.165, 1.54) is 6.07 Å². The third kappa shape index (κ3) is 4.44. The molecule has 5 nitrogen and oxygen atoms in total. The lowest BCUT2D eigenvalue weighted by Gasteiger charge is -2.34. The molecule has 2 aromatic carbocycles. The van der Waals surface area contributed by atoms with E-state index in [-0.39, 0.29) is 17.8 Å². The predicted octanol–water partition coefficient (Wildman–Crippen LogP) is 2.95. The van der Waals surface area contributed by atoms with E-state index in [4.69, 9.17) is 10.00 Å². The van der Waals surface area contributed by atoms with Gasteiger partial charge >= 0.3 is 0 Å². The largest absolute Gasteiger partial charge is 0.476 e. The van der Waals surface area contributed by atoms with Crippen molar-refractivity contribution in [3.63, 3.8) is 0 Å². The Balaban J connectivity index is 1.90. The lowest BCUT2D eigenvalue weighted by Crippen LogP contribution is -2.53. The maximum absolute atomic E-state index is 14.1. The van der Waals surface area contributed by atoms with Crippen LogP contribution in [0.5, 0.6) is 5.75 Å². The van der Waals surface area contributed by atoms with E-state index < -0.39 is 6.10 Å². The summed E-state index contributed by atoms with van der Waals surface area (Å²) < 4.78 is 20.1. The van der Waals surface area contributed by atoms with E-state index in [9.17, 15) is 9.18 Å². The lowest BCUT2D eigenvalue weighted by molar-refractivity contribution is -0.140. The Morgan fingerprint density at radius 3 is 2.70 bits per heavy atom. The number of carbonyl (C=O) groups excluding carboxylic acids is 1. The quantitative estimate of drug-likeness (QED) is 0.902. The zero-order chi connectivity index (χ0) is 19.4. The van der Waals surface area contributed by atoms with E-state index >= 15 is 0 Å². The molecule has 0 aliphatic carbocycles. The van der Waals surface area contributed by atoms with Crippen LogP contribution in [-0.2, 0) is 4.79 Å². The summed E-state index contributed by atoms with van der Waals surface area (Å²) in [5, 5.41) is 12.2. The summed E-state index contributed by atoms with van der Waals surface area (Å²) >= 11 is 0. The number of hydrogen-bond donors (Lipinski definition) is 1. The molecule has 2 atom stereocenters. The topological polar surface area (TPSA) is 65.4 Å². The number of nitrogens with zero attached hydrogens (tertiary/aromatic N) is 2. The Kier molecular flexibility index (Phi) is 5.72. The van der Waals surface area contributed by atoms with E-state index in [0.717, 1.165) is 0 Å². The first-order valence-electron chi connectivity index (χ1n) is 8.93. The maximum atomic E-state index is 14.1. The Morgan fingerprint density at radius 2 is 2.07 bits per heavy atom. The van der Waals surface area contributed by atoms with Crippen molar-refractivity contribution in [3.05, 3.63) is 65.0 Å². The zero-order valence-electron chi connectivity index (χ0n) is 15.4. The van der Waals surface area contributed by atoms with Crippen molar-refractivity contribution in [1.29, 1.82) is 5.26 Å². The molecule has 0 bridgehead atoms. The summed E-state index contributed by atoms with van der Waals surface area (Å²) in [4.78, 5) is 14.9. The first-order valence-corrected chi connectivity index (χ1v) is 8.93. The van der Waals surface area contributed by atoms with Crippen LogP contribution in [0.1, 0.15) is 29.7 Å². The van der Waals surface area contributed by atoms with Gasteiger partial charge in [-0.2, -0.15) is 5.26 Å². The molecule has 0 aromatic heterocycles. The molecule has 1 heterocycles. The number of aryl methyl sites for hydroxylation is 1. The first kappa shape index (κ1) is 18.9. The molecule has 140 valence electrons. The van der Waals surface area contributed by atoms with Crippen LogP contribution < -0.4 is 10.1 Å². The molecule has 0 radical (unpaired) electrons. The number of hydrogen-bond acceptors (Lipinski definition) is 4. The van der Waals surface area contributed by atoms with E-state index in [2.05, 4.69) is 5.32 Å². The van der Waals surface area contributed by atoms with Crippen molar-refractivity contribution in [2.45, 2.75) is 26.0 Å². The highest BCUT2D eigenvalue weighted by atomic mass is 19.1. The van der Waals surface area contributed by atoms with Crippen molar-refractivity contribution in [2.75, 3.05) is 19.6 Å². The number of carbonyl (C=O) groups is 1. The molecular formula is C21H22FN3O2. The molecule has 1 aliphatic rings. The molecular weight excluding hydrogens is 345 g/mol. The second-order valence-corrected chi connectivity index (χ2v) is 6.78. The smallest absolute Gasteiger partial charge is 0.268 e. The zero-order valence-corrected chi connectivity index (χ0v) is 15.4. The van der Waals surface area contributed by atoms with Crippen molar-refractivity contribution in [1.82, 2.24) is 10.2 Å². The molecule has 1 saturated heterocycles. The van der Waals surface area contributed by atoms with Gasteiger partial charge in [-0.05, 0) is 49.7 Å². The number of halogens is 1. The number of nitriles is 1. The molecule has 27 heavy (non-hydrogen) atoms. The molecule has 3 rings (SSSR count). The van der Waals surface area contributed by atoms with E-state index in [1.807, 2.05) is 13.0 Å². The van der Waals surface area contributed by atoms with Gasteiger partial charge in [-0.15, -0.1) is 0 Å². The first-order chi connectivity index (χ1) is 13.0. The number of rotatable bonds is 4. The predicted molar refractivity (Wildman–Crippen MR) is 99.7 cm³/mol. The third-order valence-corrected chi connectivity index (χ3v) is 4.64. The summed E-state index contributed by atoms with van der Waals surface area (Å²) in [5.41, 5.74) is 1.49. The van der Waals surface area contributed by atoms with Gasteiger partial charge in [0.05, 0.1) is 11.6 Å². The highest BCUT2D eigenvalue weighted by molar-refractivity contribution is 5.83. The highest BCUT2D eigenvalue weighted by Gasteiger charge is 2.30. The Hall–Kier alpha value is -2.91. The minimum Gasteiger partial charge on any atom is -0.476 e. The summed E-state index contributed by atoms with van der Waals surface area (Å²) in [7, 11) is 0. The van der Waals surface area contributed by atoms with Crippen molar-refractivity contribution in [3.8, 4) is 11.8 Å². The van der Waals surface area contributed by atoms with Gasteiger partial charge < -0.3 is 15.0 Å². The van der Waals surface area contributed by atoms with Crippen LogP contribution in [-0.4, -0.2) is 36.5 Å². The minimum absolute atomic E-state index is 0.188. The summed E-state index contributed by atoms with van der Waals surface area (Å²) in [6, 6.07) is 13.5. The fourth-order valence-corrected chi connectivity index (χ4v) is 3.08. The molecule has 1 N–H and O–H groups in total. The van der Waals surface area contributed by atoms with Gasteiger partial charge in [-0.1, -0.05) is 12.1 Å². The molecule has 6 heteroatoms. The maximum Gasteiger partial charge on any atom is 0.268 e. The van der Waals surface area contributed by atoms with Crippen LogP contribution in [0.15, 0.2) is 42.5 Å². The normalized spacial score (nSPS) is 17.9. The number of benzene rings is 2. The van der Waals surface area contributed by atoms with Crippen LogP contribution in [0.2, 0.25) is 0 Å². The van der Waals surface area contributed by atoms with Gasteiger partial charge in [0.1, 0.15) is 11.6 Å². The molecule has 0 spiro atoms. The Bertz CT molecular complexity index is 861. The minimum atomic E-state index is -0.946. The number of nitrogens with one attached hydrogen (secondary N) is 1. The van der Waals surface area contributed by atoms with Crippen LogP contribution >= 0.6 is 0 Å². The highest BCUT2D eigenvalue weighted by Crippen LogP contribution is 2.26. The van der Waals surface area contributed by atoms with Crippen molar-refractivity contribution < 1.29 is 13.9 Å². The molecule has 0 unspecified atom stereocenters. The van der Waals surface area contributed by atoms with Crippen molar-refractivity contribution in [2.24, 2.45) is 0 Å². The van der Waals surface area contributed by atoms with Gasteiger partial charge in [-0.3, -0.25) is 4.79 Å². The van der Waals surface area contributed by atoms with Gasteiger partial charge in [0.25, 0.3) is 5.91 Å². The van der Waals surface area contributed by atoms with Crippen LogP contribution in [0, 0.1) is 24.1 Å². The van der Waals surface area contributed by atoms with Crippen LogP contribution in [0.25, 0.3) is 0 Å². The standard InChI is InChI=1S/C21H22FN3O2/c1-14-3-6-17(11-19(14)22)20(21(26)25-10-9-24-15(2)13-25)27-18-7-4-16(12-23)5-8-18/h3-8,11,15,20,24H,9-10,13H2,1-2H3/t15-,20+/m1/s1. The van der Waals surface area contributed by atoms with E-state index in [1.54, 1.807) is 48.2 Å². The lowest BCUT2D eigenvalue weighted by atomic mass is 10.0. The van der Waals surface area contributed by atoms with Crippen LogP contribution in [0.3, 0.4) is 0 Å². The molecule has 1 aliphatic heterocycles. The van der Waals surface area contributed by atoms with Gasteiger partial charge in [-0.25, -0.2) is 4.39 Å². The second kappa shape index (κ2) is 8.19. The number of piperazine rings is 1. The van der Waals surface area contributed by atoms with E-state index in [0.29, 0.717) is 42.1 Å². The molecule has 1 fully saturated rings. The number of ether oxygens (including phenoxy) is 1. The Morgan fingerprint density at radius 1 is 1.33 bits per heavy atom. The second-order valence-electron chi connectivity index (χ2n) is 6.78. The fraction of sp³-hybridized carbons (Fsp3) is 0.333. The summed E-state index contributed by atoms with van der Waals surface area (Å²) in [6.45, 7) is 5.54. The van der Waals surface area contributed by atoms with Crippen molar-refractivity contribution >= 4 is 5.91 Å². The molecule has 0 saturated carbocycles. The number of amides is 1. The summed E-state index contributed by atoms with van der Waals surface area (Å²) in [5.74, 6) is -0.116. The Labute approximate surface area is 158 Å².